The summed E-state index contributed by atoms with van der Waals surface area (Å²) in [6.07, 6.45) is 0.554. The van der Waals surface area contributed by atoms with E-state index in [0.29, 0.717) is 12.1 Å². The number of nitrogens with one attached hydrogen (secondary N) is 1. The second-order valence-corrected chi connectivity index (χ2v) is 6.09. The van der Waals surface area contributed by atoms with Crippen LogP contribution in [-0.4, -0.2) is 42.4 Å². The van der Waals surface area contributed by atoms with E-state index in [1.165, 1.54) is 20.0 Å². The highest BCUT2D eigenvalue weighted by molar-refractivity contribution is 5.77. The summed E-state index contributed by atoms with van der Waals surface area (Å²) in [6.45, 7) is 0. The largest absolute Gasteiger partial charge is 0.490 e. The molecule has 0 aromatic heterocycles. The Kier molecular flexibility index (Phi) is 4.19. The molecule has 4 fully saturated rings. The maximum Gasteiger partial charge on any atom is 0.490 e. The van der Waals surface area contributed by atoms with Crippen LogP contribution in [0.5, 0.6) is 0 Å². The van der Waals surface area contributed by atoms with Gasteiger partial charge in [-0.05, 0) is 38.0 Å². The third-order valence-corrected chi connectivity index (χ3v) is 4.52. The number of carbonyl (C=O) groups is 2. The van der Waals surface area contributed by atoms with Crippen molar-refractivity contribution in [1.29, 1.82) is 0 Å². The van der Waals surface area contributed by atoms with E-state index in [1.807, 2.05) is 0 Å². The average molecular weight is 309 g/mol. The lowest BCUT2D eigenvalue weighted by Crippen LogP contribution is -2.62. The van der Waals surface area contributed by atoms with E-state index in [-0.39, 0.29) is 11.4 Å². The predicted molar refractivity (Wildman–Crippen MR) is 65.4 cm³/mol. The lowest BCUT2D eigenvalue weighted by molar-refractivity contribution is -0.192. The van der Waals surface area contributed by atoms with Crippen LogP contribution in [0.3, 0.4) is 0 Å². The van der Waals surface area contributed by atoms with Crippen LogP contribution in [0.15, 0.2) is 0 Å². The Labute approximate surface area is 119 Å². The molecule has 2 unspecified atom stereocenters. The number of halogens is 3. The minimum atomic E-state index is -5.08. The quantitative estimate of drug-likeness (QED) is 0.721. The highest BCUT2D eigenvalue weighted by Gasteiger charge is 2.55. The van der Waals surface area contributed by atoms with Gasteiger partial charge < -0.3 is 15.2 Å². The van der Waals surface area contributed by atoms with Crippen LogP contribution in [-0.2, 0) is 14.3 Å². The summed E-state index contributed by atoms with van der Waals surface area (Å²) in [5.74, 6) is -1.95. The Balaban J connectivity index is 0.000000199. The van der Waals surface area contributed by atoms with Gasteiger partial charge in [-0.15, -0.1) is 0 Å². The number of carboxylic acids is 1. The number of carboxylic acid groups (broad SMARTS) is 1. The number of esters is 1. The van der Waals surface area contributed by atoms with Gasteiger partial charge in [0.1, 0.15) is 0 Å². The zero-order chi connectivity index (χ0) is 15.8. The van der Waals surface area contributed by atoms with Gasteiger partial charge >= 0.3 is 18.1 Å². The standard InChI is InChI=1S/C11H17NO2.C2HF3O2/c1-14-10(13)11-4-7-2-8(5-11)12-9(3-7)6-11;3-2(4,5)1(6)7/h7-9,12H,2-6H2,1H3;(H,6,7)/t7?,8-,9+,11?;. The van der Waals surface area contributed by atoms with Crippen LogP contribution in [0.2, 0.25) is 0 Å². The zero-order valence-electron chi connectivity index (χ0n) is 11.6. The monoisotopic (exact) mass is 309 g/mol. The molecule has 2 saturated heterocycles. The van der Waals surface area contributed by atoms with Crippen molar-refractivity contribution in [3.63, 3.8) is 0 Å². The maximum absolute atomic E-state index is 11.8. The molecule has 0 spiro atoms. The van der Waals surface area contributed by atoms with E-state index >= 15 is 0 Å². The normalized spacial score (nSPS) is 36.7. The topological polar surface area (TPSA) is 75.6 Å². The molecule has 0 aromatic rings. The van der Waals surface area contributed by atoms with Gasteiger partial charge in [0.2, 0.25) is 0 Å². The van der Waals surface area contributed by atoms with E-state index in [2.05, 4.69) is 5.32 Å². The number of alkyl halides is 3. The summed E-state index contributed by atoms with van der Waals surface area (Å²) in [4.78, 5) is 20.7. The second kappa shape index (κ2) is 5.47. The third kappa shape index (κ3) is 3.30. The molecule has 4 aliphatic rings. The molecule has 8 heteroatoms. The van der Waals surface area contributed by atoms with E-state index in [4.69, 9.17) is 14.6 Å². The first-order valence-electron chi connectivity index (χ1n) is 6.81. The van der Waals surface area contributed by atoms with Gasteiger partial charge in [0.15, 0.2) is 0 Å². The second-order valence-electron chi connectivity index (χ2n) is 6.09. The van der Waals surface area contributed by atoms with Crippen molar-refractivity contribution >= 4 is 11.9 Å². The first-order chi connectivity index (χ1) is 9.66. The van der Waals surface area contributed by atoms with Crippen molar-refractivity contribution in [2.75, 3.05) is 7.11 Å². The van der Waals surface area contributed by atoms with E-state index < -0.39 is 12.1 Å². The number of aliphatic carboxylic acids is 1. The lowest BCUT2D eigenvalue weighted by atomic mass is 9.56. The van der Waals surface area contributed by atoms with Crippen LogP contribution in [0.25, 0.3) is 0 Å². The van der Waals surface area contributed by atoms with Crippen LogP contribution in [0, 0.1) is 11.3 Å². The van der Waals surface area contributed by atoms with Crippen LogP contribution in [0.1, 0.15) is 32.1 Å². The van der Waals surface area contributed by atoms with Gasteiger partial charge in [0, 0.05) is 12.1 Å². The van der Waals surface area contributed by atoms with Crippen molar-refractivity contribution < 1.29 is 32.6 Å². The average Bonchev–Trinajstić information content (AvgIpc) is 2.35. The maximum atomic E-state index is 11.8. The van der Waals surface area contributed by atoms with Crippen molar-refractivity contribution in [2.45, 2.75) is 50.4 Å². The fraction of sp³-hybridized carbons (Fsp3) is 0.846. The molecule has 0 radical (unpaired) electrons. The third-order valence-electron chi connectivity index (χ3n) is 4.52. The summed E-state index contributed by atoms with van der Waals surface area (Å²) in [5.41, 5.74) is -0.115. The van der Waals surface area contributed by atoms with Gasteiger partial charge in [0.05, 0.1) is 12.5 Å². The molecule has 5 nitrogen and oxygen atoms in total. The summed E-state index contributed by atoms with van der Waals surface area (Å²) in [6, 6.07) is 1.17. The molecule has 2 aliphatic carbocycles. The predicted octanol–water partition coefficient (Wildman–Crippen LogP) is 1.71. The molecule has 2 heterocycles. The van der Waals surface area contributed by atoms with Crippen LogP contribution < -0.4 is 5.32 Å². The van der Waals surface area contributed by atoms with Crippen molar-refractivity contribution in [1.82, 2.24) is 5.32 Å². The van der Waals surface area contributed by atoms with Gasteiger partial charge in [0.25, 0.3) is 0 Å². The van der Waals surface area contributed by atoms with Gasteiger partial charge in [-0.1, -0.05) is 0 Å². The van der Waals surface area contributed by atoms with Crippen LogP contribution in [0.4, 0.5) is 13.2 Å². The highest BCUT2D eigenvalue weighted by atomic mass is 19.4. The molecule has 0 amide bonds. The molecule has 2 aliphatic heterocycles. The zero-order valence-corrected chi connectivity index (χ0v) is 11.6. The first kappa shape index (κ1) is 16.1. The van der Waals surface area contributed by atoms with E-state index in [9.17, 15) is 18.0 Å². The molecular formula is C13H18F3NO4. The van der Waals surface area contributed by atoms with Gasteiger partial charge in [-0.25, -0.2) is 4.79 Å². The Hall–Kier alpha value is -1.31. The molecule has 21 heavy (non-hydrogen) atoms. The highest BCUT2D eigenvalue weighted by Crippen LogP contribution is 2.53. The molecular weight excluding hydrogens is 291 g/mol. The number of rotatable bonds is 1. The number of ether oxygens (including phenoxy) is 1. The van der Waals surface area contributed by atoms with Gasteiger partial charge in [-0.2, -0.15) is 13.2 Å². The fourth-order valence-corrected chi connectivity index (χ4v) is 4.03. The van der Waals surface area contributed by atoms with Gasteiger partial charge in [-0.3, -0.25) is 4.79 Å². The SMILES string of the molecule is COC(=O)C12CC3C[C@H](C1)N[C@@H](C3)C2.O=C(O)C(F)(F)F. The Bertz CT molecular complexity index is 400. The van der Waals surface area contributed by atoms with E-state index in [0.717, 1.165) is 25.2 Å². The molecule has 4 rings (SSSR count). The summed E-state index contributed by atoms with van der Waals surface area (Å²) >= 11 is 0. The van der Waals surface area contributed by atoms with Crippen molar-refractivity contribution in [2.24, 2.45) is 11.3 Å². The minimum absolute atomic E-state index is 0.0402. The van der Waals surface area contributed by atoms with Crippen LogP contribution >= 0.6 is 0 Å². The molecule has 4 bridgehead atoms. The lowest BCUT2D eigenvalue weighted by Gasteiger charge is -2.55. The number of piperidine rings is 2. The first-order valence-corrected chi connectivity index (χ1v) is 6.81. The van der Waals surface area contributed by atoms with Crippen molar-refractivity contribution in [3.05, 3.63) is 0 Å². The molecule has 0 aromatic carbocycles. The van der Waals surface area contributed by atoms with Crippen molar-refractivity contribution in [3.8, 4) is 0 Å². The number of hydrogen-bond donors (Lipinski definition) is 2. The Morgan fingerprint density at radius 3 is 2.00 bits per heavy atom. The summed E-state index contributed by atoms with van der Waals surface area (Å²) < 4.78 is 36.7. The fourth-order valence-electron chi connectivity index (χ4n) is 4.03. The summed E-state index contributed by atoms with van der Waals surface area (Å²) in [7, 11) is 1.52. The molecule has 120 valence electrons. The number of hydrogen-bond acceptors (Lipinski definition) is 4. The molecule has 2 saturated carbocycles. The number of carbonyl (C=O) groups excluding carboxylic acids is 1. The Morgan fingerprint density at radius 2 is 1.67 bits per heavy atom. The smallest absolute Gasteiger partial charge is 0.475 e. The summed E-state index contributed by atoms with van der Waals surface area (Å²) in [5, 5.41) is 10.7. The molecule has 4 atom stereocenters. The number of methoxy groups -OCH3 is 1. The Morgan fingerprint density at radius 1 is 1.19 bits per heavy atom. The molecule has 2 N–H and O–H groups in total. The minimum Gasteiger partial charge on any atom is -0.475 e. The van der Waals surface area contributed by atoms with E-state index in [1.54, 1.807) is 0 Å².